The Morgan fingerprint density at radius 1 is 0.792 bits per heavy atom. The molecule has 2 aromatic rings. The number of hydrogen-bond acceptors (Lipinski definition) is 3. The summed E-state index contributed by atoms with van der Waals surface area (Å²) in [5.41, 5.74) is 1.24. The van der Waals surface area contributed by atoms with Crippen molar-refractivity contribution in [3.8, 4) is 0 Å². The minimum Gasteiger partial charge on any atom is -0.375 e. The van der Waals surface area contributed by atoms with Gasteiger partial charge in [0.25, 0.3) is 0 Å². The fourth-order valence-electron chi connectivity index (χ4n) is 2.45. The maximum Gasteiger partial charge on any atom is 0.180 e. The molecule has 1 aliphatic carbocycles. The van der Waals surface area contributed by atoms with Crippen LogP contribution in [-0.2, 0) is 4.79 Å². The Hall–Kier alpha value is -1.39. The van der Waals surface area contributed by atoms with Gasteiger partial charge in [-0.3, -0.25) is 4.79 Å². The minimum atomic E-state index is -0.531. The van der Waals surface area contributed by atoms with E-state index in [1.807, 2.05) is 0 Å². The highest BCUT2D eigenvalue weighted by Crippen LogP contribution is 2.30. The van der Waals surface area contributed by atoms with Crippen molar-refractivity contribution >= 4 is 63.6 Å². The van der Waals surface area contributed by atoms with Crippen molar-refractivity contribution in [3.05, 3.63) is 68.6 Å². The van der Waals surface area contributed by atoms with Gasteiger partial charge < -0.3 is 10.6 Å². The highest BCUT2D eigenvalue weighted by atomic mass is 35.5. The quantitative estimate of drug-likeness (QED) is 0.690. The zero-order chi connectivity index (χ0) is 17.3. The molecule has 0 saturated carbocycles. The lowest BCUT2D eigenvalue weighted by atomic mass is 10.1. The van der Waals surface area contributed by atoms with Crippen LogP contribution in [0.15, 0.2) is 48.6 Å². The third-order valence-corrected chi connectivity index (χ3v) is 4.75. The molecule has 2 aromatic carbocycles. The molecule has 24 heavy (non-hydrogen) atoms. The SMILES string of the molecule is O=C1C=CC(Nc2cc(Cl)ccc2Cl)C1Nc1cc(Cl)ccc1Cl. The molecule has 2 N–H and O–H groups in total. The van der Waals surface area contributed by atoms with Gasteiger partial charge in [0.15, 0.2) is 5.78 Å². The van der Waals surface area contributed by atoms with Crippen LogP contribution in [0.1, 0.15) is 0 Å². The molecule has 0 spiro atoms. The Labute approximate surface area is 159 Å². The predicted octanol–water partition coefficient (Wildman–Crippen LogP) is 5.70. The van der Waals surface area contributed by atoms with E-state index in [0.29, 0.717) is 31.5 Å². The first-order chi connectivity index (χ1) is 11.4. The summed E-state index contributed by atoms with van der Waals surface area (Å²) in [5.74, 6) is -0.0679. The summed E-state index contributed by atoms with van der Waals surface area (Å²) in [4.78, 5) is 12.2. The Morgan fingerprint density at radius 2 is 1.33 bits per heavy atom. The van der Waals surface area contributed by atoms with Gasteiger partial charge in [-0.25, -0.2) is 0 Å². The van der Waals surface area contributed by atoms with E-state index in [1.165, 1.54) is 6.08 Å². The van der Waals surface area contributed by atoms with Crippen LogP contribution in [0.25, 0.3) is 0 Å². The number of halogens is 4. The summed E-state index contributed by atoms with van der Waals surface area (Å²) in [6, 6.07) is 9.32. The van der Waals surface area contributed by atoms with Gasteiger partial charge >= 0.3 is 0 Å². The number of anilines is 2. The van der Waals surface area contributed by atoms with Crippen LogP contribution in [0.2, 0.25) is 20.1 Å². The van der Waals surface area contributed by atoms with E-state index in [0.717, 1.165) is 0 Å². The van der Waals surface area contributed by atoms with E-state index in [2.05, 4.69) is 10.6 Å². The molecule has 0 aliphatic heterocycles. The molecule has 0 bridgehead atoms. The Morgan fingerprint density at radius 3 is 1.92 bits per heavy atom. The van der Waals surface area contributed by atoms with Gasteiger partial charge in [-0.1, -0.05) is 52.5 Å². The number of nitrogens with one attached hydrogen (secondary N) is 2. The normalized spacial score (nSPS) is 19.6. The van der Waals surface area contributed by atoms with E-state index >= 15 is 0 Å². The summed E-state index contributed by atoms with van der Waals surface area (Å²) in [6.45, 7) is 0. The number of carbonyl (C=O) groups excluding carboxylic acids is 1. The molecule has 0 heterocycles. The van der Waals surface area contributed by atoms with Crippen molar-refractivity contribution in [2.45, 2.75) is 12.1 Å². The van der Waals surface area contributed by atoms with Gasteiger partial charge in [-0.2, -0.15) is 0 Å². The van der Waals surface area contributed by atoms with E-state index in [4.69, 9.17) is 46.4 Å². The monoisotopic (exact) mass is 400 g/mol. The number of carbonyl (C=O) groups is 1. The topological polar surface area (TPSA) is 41.1 Å². The fraction of sp³-hybridized carbons (Fsp3) is 0.118. The molecule has 3 nitrogen and oxygen atoms in total. The van der Waals surface area contributed by atoms with Crippen LogP contribution in [0.4, 0.5) is 11.4 Å². The minimum absolute atomic E-state index is 0.0679. The molecule has 2 atom stereocenters. The van der Waals surface area contributed by atoms with Crippen molar-refractivity contribution < 1.29 is 4.79 Å². The lowest BCUT2D eigenvalue weighted by Gasteiger charge is -2.24. The molecule has 0 aromatic heterocycles. The number of benzene rings is 2. The van der Waals surface area contributed by atoms with E-state index in [1.54, 1.807) is 42.5 Å². The summed E-state index contributed by atoms with van der Waals surface area (Å²) < 4.78 is 0. The van der Waals surface area contributed by atoms with Gasteiger partial charge in [-0.15, -0.1) is 0 Å². The lowest BCUT2D eigenvalue weighted by molar-refractivity contribution is -0.114. The van der Waals surface area contributed by atoms with Crippen LogP contribution in [0, 0.1) is 0 Å². The second-order valence-corrected chi connectivity index (χ2v) is 6.99. The second kappa shape index (κ2) is 7.24. The van der Waals surface area contributed by atoms with Gasteiger partial charge in [0.05, 0.1) is 27.5 Å². The lowest BCUT2D eigenvalue weighted by Crippen LogP contribution is -2.39. The summed E-state index contributed by atoms with van der Waals surface area (Å²) in [6.07, 6.45) is 3.29. The first kappa shape index (κ1) is 17.4. The average Bonchev–Trinajstić information content (AvgIpc) is 2.87. The molecule has 0 fully saturated rings. The molecular formula is C17H12Cl4N2O. The Kier molecular flexibility index (Phi) is 5.26. The molecule has 7 heteroatoms. The van der Waals surface area contributed by atoms with Gasteiger partial charge in [-0.05, 0) is 42.5 Å². The maximum atomic E-state index is 12.2. The second-order valence-electron chi connectivity index (χ2n) is 5.30. The Balaban J connectivity index is 1.83. The van der Waals surface area contributed by atoms with E-state index < -0.39 is 6.04 Å². The van der Waals surface area contributed by atoms with Gasteiger partial charge in [0.1, 0.15) is 6.04 Å². The van der Waals surface area contributed by atoms with Gasteiger partial charge in [0.2, 0.25) is 0 Å². The van der Waals surface area contributed by atoms with Crippen LogP contribution in [0.3, 0.4) is 0 Å². The molecule has 124 valence electrons. The van der Waals surface area contributed by atoms with Crippen molar-refractivity contribution in [3.63, 3.8) is 0 Å². The molecule has 0 radical (unpaired) electrons. The van der Waals surface area contributed by atoms with Crippen molar-refractivity contribution in [2.24, 2.45) is 0 Å². The number of rotatable bonds is 4. The van der Waals surface area contributed by atoms with Crippen molar-refractivity contribution in [1.29, 1.82) is 0 Å². The van der Waals surface area contributed by atoms with Crippen LogP contribution >= 0.6 is 46.4 Å². The highest BCUT2D eigenvalue weighted by molar-refractivity contribution is 6.36. The van der Waals surface area contributed by atoms with Crippen LogP contribution in [0.5, 0.6) is 0 Å². The number of hydrogen-bond donors (Lipinski definition) is 2. The average molecular weight is 402 g/mol. The largest absolute Gasteiger partial charge is 0.375 e. The molecule has 3 rings (SSSR count). The Bertz CT molecular complexity index is 822. The van der Waals surface area contributed by atoms with Gasteiger partial charge in [0, 0.05) is 10.0 Å². The summed E-state index contributed by atoms with van der Waals surface area (Å²) in [5, 5.41) is 8.45. The smallest absolute Gasteiger partial charge is 0.180 e. The number of ketones is 1. The first-order valence-corrected chi connectivity index (χ1v) is 8.60. The van der Waals surface area contributed by atoms with Crippen molar-refractivity contribution in [2.75, 3.05) is 10.6 Å². The molecule has 1 aliphatic rings. The predicted molar refractivity (Wildman–Crippen MR) is 102 cm³/mol. The fourth-order valence-corrected chi connectivity index (χ4v) is 3.13. The molecule has 0 saturated heterocycles. The van der Waals surface area contributed by atoms with Crippen LogP contribution < -0.4 is 10.6 Å². The third-order valence-electron chi connectivity index (χ3n) is 3.62. The first-order valence-electron chi connectivity index (χ1n) is 7.09. The standard InChI is InChI=1S/C17H12Cl4N2O/c18-9-1-3-11(20)14(7-9)22-13-5-6-16(24)17(13)23-15-8-10(19)2-4-12(15)21/h1-8,13,17,22-23H. The summed E-state index contributed by atoms with van der Waals surface area (Å²) in [7, 11) is 0. The molecule has 0 amide bonds. The molecular weight excluding hydrogens is 390 g/mol. The van der Waals surface area contributed by atoms with E-state index in [-0.39, 0.29) is 11.8 Å². The molecule has 2 unspecified atom stereocenters. The highest BCUT2D eigenvalue weighted by Gasteiger charge is 2.31. The van der Waals surface area contributed by atoms with E-state index in [9.17, 15) is 4.79 Å². The van der Waals surface area contributed by atoms with Crippen LogP contribution in [-0.4, -0.2) is 17.9 Å². The zero-order valence-electron chi connectivity index (χ0n) is 12.2. The zero-order valence-corrected chi connectivity index (χ0v) is 15.2. The maximum absolute atomic E-state index is 12.2. The third kappa shape index (κ3) is 3.81. The van der Waals surface area contributed by atoms with Crippen molar-refractivity contribution in [1.82, 2.24) is 0 Å². The summed E-state index contributed by atoms with van der Waals surface area (Å²) >= 11 is 24.3.